The summed E-state index contributed by atoms with van der Waals surface area (Å²) >= 11 is 0. The molecule has 0 bridgehead atoms. The zero-order valence-electron chi connectivity index (χ0n) is 17.5. The third kappa shape index (κ3) is 5.64. The normalized spacial score (nSPS) is 22.4. The van der Waals surface area contributed by atoms with Crippen LogP contribution in [0.3, 0.4) is 0 Å². The van der Waals surface area contributed by atoms with Crippen LogP contribution in [0.15, 0.2) is 24.3 Å². The molecule has 0 radical (unpaired) electrons. The number of nitrogens with one attached hydrogen (secondary N) is 3. The third-order valence-electron chi connectivity index (χ3n) is 5.27. The number of benzene rings is 1. The molecule has 11 nitrogen and oxygen atoms in total. The van der Waals surface area contributed by atoms with Gasteiger partial charge >= 0.3 is 6.03 Å². The molecular weight excluding hydrogens is 426 g/mol. The van der Waals surface area contributed by atoms with E-state index in [1.54, 1.807) is 24.3 Å². The molecule has 3 rings (SSSR count). The number of anilines is 1. The quantitative estimate of drug-likeness (QED) is 0.553. The Balaban J connectivity index is 1.72. The fourth-order valence-corrected chi connectivity index (χ4v) is 4.68. The Labute approximate surface area is 181 Å². The Bertz CT molecular complexity index is 953. The molecule has 3 N–H and O–H groups in total. The third-order valence-corrected chi connectivity index (χ3v) is 6.56. The average Bonchev–Trinajstić information content (AvgIpc) is 2.74. The maximum absolute atomic E-state index is 12.9. The Kier molecular flexibility index (Phi) is 7.01. The smallest absolute Gasteiger partial charge is 0.321 e. The first-order chi connectivity index (χ1) is 14.7. The molecule has 0 unspecified atom stereocenters. The second kappa shape index (κ2) is 9.52. The molecule has 0 aromatic heterocycles. The summed E-state index contributed by atoms with van der Waals surface area (Å²) in [5, 5.41) is 8.04. The second-order valence-corrected chi connectivity index (χ2v) is 9.43. The van der Waals surface area contributed by atoms with Gasteiger partial charge in [-0.25, -0.2) is 13.2 Å². The van der Waals surface area contributed by atoms with Gasteiger partial charge in [0.15, 0.2) is 0 Å². The predicted molar refractivity (Wildman–Crippen MR) is 113 cm³/mol. The molecule has 2 atom stereocenters. The molecule has 12 heteroatoms. The number of piperidine rings is 1. The summed E-state index contributed by atoms with van der Waals surface area (Å²) < 4.78 is 30.7. The molecule has 1 aromatic carbocycles. The van der Waals surface area contributed by atoms with Crippen molar-refractivity contribution >= 4 is 33.6 Å². The van der Waals surface area contributed by atoms with Crippen LogP contribution in [0.5, 0.6) is 5.75 Å². The van der Waals surface area contributed by atoms with Crippen LogP contribution in [0.4, 0.5) is 10.5 Å². The molecule has 0 saturated carbocycles. The van der Waals surface area contributed by atoms with Crippen LogP contribution in [-0.4, -0.2) is 87.1 Å². The number of ether oxygens (including phenoxy) is 1. The number of sulfonamides is 1. The summed E-state index contributed by atoms with van der Waals surface area (Å²) in [6.07, 6.45) is 2.21. The van der Waals surface area contributed by atoms with Gasteiger partial charge < -0.3 is 25.6 Å². The lowest BCUT2D eigenvalue weighted by Gasteiger charge is -2.39. The van der Waals surface area contributed by atoms with Crippen LogP contribution in [0, 0.1) is 0 Å². The first kappa shape index (κ1) is 22.8. The van der Waals surface area contributed by atoms with E-state index in [0.29, 0.717) is 30.8 Å². The SMILES string of the molecule is COc1cccc(NC(=O)N2CCN(S(C)(=O)=O)[C@H](C(=O)N[C@@H]3CCCNC3=O)C2)c1. The highest BCUT2D eigenvalue weighted by atomic mass is 32.2. The van der Waals surface area contributed by atoms with Gasteiger partial charge in [0.05, 0.1) is 13.4 Å². The van der Waals surface area contributed by atoms with Crippen LogP contribution in [-0.2, 0) is 19.6 Å². The van der Waals surface area contributed by atoms with Crippen molar-refractivity contribution in [2.24, 2.45) is 0 Å². The van der Waals surface area contributed by atoms with E-state index in [-0.39, 0.29) is 25.5 Å². The highest BCUT2D eigenvalue weighted by Gasteiger charge is 2.40. The van der Waals surface area contributed by atoms with Gasteiger partial charge in [0.1, 0.15) is 17.8 Å². The Morgan fingerprint density at radius 3 is 2.71 bits per heavy atom. The summed E-state index contributed by atoms with van der Waals surface area (Å²) in [4.78, 5) is 39.0. The van der Waals surface area contributed by atoms with Gasteiger partial charge in [-0.3, -0.25) is 9.59 Å². The van der Waals surface area contributed by atoms with Crippen LogP contribution < -0.4 is 20.7 Å². The first-order valence-electron chi connectivity index (χ1n) is 9.94. The number of nitrogens with zero attached hydrogens (tertiary/aromatic N) is 2. The minimum Gasteiger partial charge on any atom is -0.497 e. The number of urea groups is 1. The molecule has 1 aromatic rings. The zero-order valence-corrected chi connectivity index (χ0v) is 18.3. The van der Waals surface area contributed by atoms with Crippen molar-refractivity contribution in [2.45, 2.75) is 24.9 Å². The molecule has 170 valence electrons. The van der Waals surface area contributed by atoms with Crippen molar-refractivity contribution in [1.82, 2.24) is 19.8 Å². The largest absolute Gasteiger partial charge is 0.497 e. The van der Waals surface area contributed by atoms with E-state index < -0.39 is 34.0 Å². The lowest BCUT2D eigenvalue weighted by Crippen LogP contribution is -2.63. The summed E-state index contributed by atoms with van der Waals surface area (Å²) in [5.74, 6) is -0.331. The molecule has 2 heterocycles. The van der Waals surface area contributed by atoms with Crippen LogP contribution in [0.1, 0.15) is 12.8 Å². The van der Waals surface area contributed by atoms with E-state index in [0.717, 1.165) is 10.6 Å². The van der Waals surface area contributed by atoms with E-state index in [1.807, 2.05) is 0 Å². The maximum atomic E-state index is 12.9. The fourth-order valence-electron chi connectivity index (χ4n) is 3.64. The van der Waals surface area contributed by atoms with Crippen molar-refractivity contribution < 1.29 is 27.5 Å². The Morgan fingerprint density at radius 2 is 2.03 bits per heavy atom. The van der Waals surface area contributed by atoms with E-state index >= 15 is 0 Å². The van der Waals surface area contributed by atoms with Gasteiger partial charge in [-0.2, -0.15) is 4.31 Å². The van der Waals surface area contributed by atoms with Crippen molar-refractivity contribution in [3.63, 3.8) is 0 Å². The summed E-state index contributed by atoms with van der Waals surface area (Å²) in [7, 11) is -2.18. The number of hydrogen-bond donors (Lipinski definition) is 3. The van der Waals surface area contributed by atoms with Gasteiger partial charge in [0, 0.05) is 37.9 Å². The number of piperazine rings is 1. The minimum atomic E-state index is -3.69. The summed E-state index contributed by atoms with van der Waals surface area (Å²) in [6.45, 7) is 0.501. The standard InChI is InChI=1S/C19H27N5O6S/c1-30-14-6-3-5-13(11-14)21-19(27)23-9-10-24(31(2,28)29)16(12-23)18(26)22-15-7-4-8-20-17(15)25/h3,5-6,11,15-16H,4,7-10,12H2,1-2H3,(H,20,25)(H,21,27)(H,22,26)/t15-,16+/m1/s1. The molecular formula is C19H27N5O6S. The van der Waals surface area contributed by atoms with Gasteiger partial charge in [-0.05, 0) is 25.0 Å². The second-order valence-electron chi connectivity index (χ2n) is 7.49. The van der Waals surface area contributed by atoms with E-state index in [4.69, 9.17) is 4.74 Å². The zero-order chi connectivity index (χ0) is 22.6. The Hall–Kier alpha value is -2.86. The monoisotopic (exact) mass is 453 g/mol. The first-order valence-corrected chi connectivity index (χ1v) is 11.8. The highest BCUT2D eigenvalue weighted by Crippen LogP contribution is 2.19. The number of methoxy groups -OCH3 is 1. The maximum Gasteiger partial charge on any atom is 0.321 e. The fraction of sp³-hybridized carbons (Fsp3) is 0.526. The number of rotatable bonds is 5. The molecule has 0 aliphatic carbocycles. The van der Waals surface area contributed by atoms with Gasteiger partial charge in [0.2, 0.25) is 21.8 Å². The minimum absolute atomic E-state index is 0.0285. The van der Waals surface area contributed by atoms with Crippen LogP contribution in [0.25, 0.3) is 0 Å². The lowest BCUT2D eigenvalue weighted by molar-refractivity contribution is -0.132. The number of amides is 4. The van der Waals surface area contributed by atoms with Crippen molar-refractivity contribution in [1.29, 1.82) is 0 Å². The molecule has 31 heavy (non-hydrogen) atoms. The van der Waals surface area contributed by atoms with Gasteiger partial charge in [-0.1, -0.05) is 6.07 Å². The molecule has 2 aliphatic rings. The molecule has 2 aliphatic heterocycles. The van der Waals surface area contributed by atoms with E-state index in [2.05, 4.69) is 16.0 Å². The van der Waals surface area contributed by atoms with Crippen molar-refractivity contribution in [2.75, 3.05) is 44.9 Å². The summed E-state index contributed by atoms with van der Waals surface area (Å²) in [5.41, 5.74) is 0.509. The van der Waals surface area contributed by atoms with Gasteiger partial charge in [-0.15, -0.1) is 0 Å². The molecule has 4 amide bonds. The van der Waals surface area contributed by atoms with Crippen LogP contribution in [0.2, 0.25) is 0 Å². The topological polar surface area (TPSA) is 137 Å². The highest BCUT2D eigenvalue weighted by molar-refractivity contribution is 7.88. The molecule has 2 saturated heterocycles. The van der Waals surface area contributed by atoms with E-state index in [1.165, 1.54) is 12.0 Å². The molecule has 0 spiro atoms. The van der Waals surface area contributed by atoms with Crippen molar-refractivity contribution in [3.05, 3.63) is 24.3 Å². The van der Waals surface area contributed by atoms with Crippen LogP contribution >= 0.6 is 0 Å². The average molecular weight is 454 g/mol. The van der Waals surface area contributed by atoms with Gasteiger partial charge in [0.25, 0.3) is 0 Å². The number of carbonyl (C=O) groups excluding carboxylic acids is 3. The summed E-state index contributed by atoms with van der Waals surface area (Å²) in [6, 6.07) is 4.49. The Morgan fingerprint density at radius 1 is 1.26 bits per heavy atom. The number of hydrogen-bond acceptors (Lipinski definition) is 6. The molecule has 2 fully saturated rings. The van der Waals surface area contributed by atoms with Crippen molar-refractivity contribution in [3.8, 4) is 5.75 Å². The number of carbonyl (C=O) groups is 3. The predicted octanol–water partition coefficient (Wildman–Crippen LogP) is -0.432. The lowest BCUT2D eigenvalue weighted by atomic mass is 10.1. The van der Waals surface area contributed by atoms with E-state index in [9.17, 15) is 22.8 Å².